The molecule has 4 rings (SSSR count). The largest absolute Gasteiger partial charge is 0.360 e. The monoisotopic (exact) mass is 388 g/mol. The number of aromatic nitrogens is 2. The molecule has 0 aromatic carbocycles. The minimum atomic E-state index is 0.908. The maximum Gasteiger partial charge on any atom is 0.150 e. The van der Waals surface area contributed by atoms with E-state index in [0.717, 1.165) is 42.8 Å². The van der Waals surface area contributed by atoms with Crippen molar-refractivity contribution < 1.29 is 4.52 Å². The summed E-state index contributed by atoms with van der Waals surface area (Å²) in [6.07, 6.45) is 6.34. The van der Waals surface area contributed by atoms with Gasteiger partial charge in [0, 0.05) is 18.0 Å². The number of likely N-dealkylation sites (tertiary alicyclic amines) is 2. The van der Waals surface area contributed by atoms with Crippen LogP contribution < -0.4 is 0 Å². The quantitative estimate of drug-likeness (QED) is 0.745. The summed E-state index contributed by atoms with van der Waals surface area (Å²) in [5.41, 5.74) is 2.32. The second-order valence-corrected chi connectivity index (χ2v) is 9.29. The Kier molecular flexibility index (Phi) is 6.25. The molecule has 0 spiro atoms. The van der Waals surface area contributed by atoms with Gasteiger partial charge in [-0.3, -0.25) is 9.80 Å². The molecule has 0 amide bonds. The van der Waals surface area contributed by atoms with Crippen molar-refractivity contribution in [3.8, 4) is 0 Å². The molecular weight excluding hydrogens is 356 g/mol. The predicted molar refractivity (Wildman–Crippen MR) is 109 cm³/mol. The SMILES string of the molecule is CCc1cc(CN2CCC(C3CCN(Cc4csc(C)n4)CC3)CC2)on1. The molecule has 2 aliphatic heterocycles. The smallest absolute Gasteiger partial charge is 0.150 e. The highest BCUT2D eigenvalue weighted by Crippen LogP contribution is 2.33. The van der Waals surface area contributed by atoms with E-state index in [1.807, 2.05) is 0 Å². The van der Waals surface area contributed by atoms with E-state index in [4.69, 9.17) is 4.52 Å². The third-order valence-electron chi connectivity index (χ3n) is 6.33. The topological polar surface area (TPSA) is 45.4 Å². The van der Waals surface area contributed by atoms with Gasteiger partial charge in [-0.15, -0.1) is 11.3 Å². The Hall–Kier alpha value is -1.24. The molecule has 0 unspecified atom stereocenters. The standard InChI is InChI=1S/C21H32N4OS/c1-3-19-12-21(26-23-19)14-25-10-6-18(7-11-25)17-4-8-24(9-5-17)13-20-15-27-16(2)22-20/h12,15,17-18H,3-11,13-14H2,1-2H3. The second kappa shape index (κ2) is 8.84. The van der Waals surface area contributed by atoms with Crippen LogP contribution in [0.1, 0.15) is 54.8 Å². The van der Waals surface area contributed by atoms with Gasteiger partial charge in [-0.1, -0.05) is 12.1 Å². The summed E-state index contributed by atoms with van der Waals surface area (Å²) in [6, 6.07) is 2.12. The summed E-state index contributed by atoms with van der Waals surface area (Å²) in [7, 11) is 0. The average Bonchev–Trinajstić information content (AvgIpc) is 3.32. The molecular formula is C21H32N4OS. The Balaban J connectivity index is 1.19. The zero-order valence-corrected chi connectivity index (χ0v) is 17.5. The van der Waals surface area contributed by atoms with Gasteiger partial charge >= 0.3 is 0 Å². The third-order valence-corrected chi connectivity index (χ3v) is 7.16. The van der Waals surface area contributed by atoms with Crippen LogP contribution in [0.2, 0.25) is 0 Å². The van der Waals surface area contributed by atoms with Gasteiger partial charge in [0.25, 0.3) is 0 Å². The lowest BCUT2D eigenvalue weighted by Crippen LogP contribution is -2.40. The van der Waals surface area contributed by atoms with Crippen LogP contribution >= 0.6 is 11.3 Å². The molecule has 2 aromatic heterocycles. The van der Waals surface area contributed by atoms with Crippen LogP contribution in [-0.2, 0) is 19.5 Å². The zero-order chi connectivity index (χ0) is 18.6. The summed E-state index contributed by atoms with van der Waals surface area (Å²) in [4.78, 5) is 9.75. The van der Waals surface area contributed by atoms with Crippen LogP contribution in [-0.4, -0.2) is 46.1 Å². The van der Waals surface area contributed by atoms with Crippen LogP contribution in [0.5, 0.6) is 0 Å². The van der Waals surface area contributed by atoms with E-state index in [1.165, 1.54) is 62.6 Å². The average molecular weight is 389 g/mol. The number of thiazole rings is 1. The van der Waals surface area contributed by atoms with Gasteiger partial charge in [0.2, 0.25) is 0 Å². The van der Waals surface area contributed by atoms with Crippen molar-refractivity contribution in [2.24, 2.45) is 11.8 Å². The molecule has 0 bridgehead atoms. The van der Waals surface area contributed by atoms with E-state index < -0.39 is 0 Å². The van der Waals surface area contributed by atoms with Crippen molar-refractivity contribution in [2.45, 2.75) is 59.0 Å². The van der Waals surface area contributed by atoms with Crippen LogP contribution in [0.25, 0.3) is 0 Å². The Morgan fingerprint density at radius 2 is 1.63 bits per heavy atom. The second-order valence-electron chi connectivity index (χ2n) is 8.22. The number of piperidine rings is 2. The lowest BCUT2D eigenvalue weighted by Gasteiger charge is -2.40. The Morgan fingerprint density at radius 3 is 2.15 bits per heavy atom. The minimum absolute atomic E-state index is 0.908. The first kappa shape index (κ1) is 19.1. The van der Waals surface area contributed by atoms with Gasteiger partial charge < -0.3 is 4.52 Å². The van der Waals surface area contributed by atoms with Crippen molar-refractivity contribution in [1.82, 2.24) is 19.9 Å². The highest BCUT2D eigenvalue weighted by atomic mass is 32.1. The first-order valence-electron chi connectivity index (χ1n) is 10.5. The van der Waals surface area contributed by atoms with Crippen LogP contribution in [0, 0.1) is 18.8 Å². The number of nitrogens with zero attached hydrogens (tertiary/aromatic N) is 4. The normalized spacial score (nSPS) is 21.1. The molecule has 2 fully saturated rings. The van der Waals surface area contributed by atoms with E-state index in [2.05, 4.69) is 45.2 Å². The van der Waals surface area contributed by atoms with Gasteiger partial charge in [-0.2, -0.15) is 0 Å². The fourth-order valence-corrected chi connectivity index (χ4v) is 5.30. The van der Waals surface area contributed by atoms with Crippen molar-refractivity contribution in [1.29, 1.82) is 0 Å². The van der Waals surface area contributed by atoms with E-state index in [0.29, 0.717) is 0 Å². The molecule has 0 aliphatic carbocycles. The van der Waals surface area contributed by atoms with Crippen molar-refractivity contribution >= 4 is 11.3 Å². The highest BCUT2D eigenvalue weighted by molar-refractivity contribution is 7.09. The molecule has 0 saturated carbocycles. The predicted octanol–water partition coefficient (Wildman–Crippen LogP) is 4.13. The van der Waals surface area contributed by atoms with E-state index in [1.54, 1.807) is 11.3 Å². The molecule has 5 nitrogen and oxygen atoms in total. The first-order valence-corrected chi connectivity index (χ1v) is 11.4. The molecule has 4 heterocycles. The van der Waals surface area contributed by atoms with Crippen molar-refractivity contribution in [3.05, 3.63) is 33.6 Å². The fraction of sp³-hybridized carbons (Fsp3) is 0.714. The summed E-state index contributed by atoms with van der Waals surface area (Å²) in [5.74, 6) is 2.85. The van der Waals surface area contributed by atoms with E-state index in [-0.39, 0.29) is 0 Å². The summed E-state index contributed by atoms with van der Waals surface area (Å²) in [6.45, 7) is 11.0. The van der Waals surface area contributed by atoms with Gasteiger partial charge in [-0.05, 0) is 77.0 Å². The molecule has 6 heteroatoms. The Morgan fingerprint density at radius 1 is 1.00 bits per heavy atom. The van der Waals surface area contributed by atoms with E-state index in [9.17, 15) is 0 Å². The maximum absolute atomic E-state index is 5.46. The van der Waals surface area contributed by atoms with Crippen LogP contribution in [0.3, 0.4) is 0 Å². The number of aryl methyl sites for hydroxylation is 2. The first-order chi connectivity index (χ1) is 13.2. The Labute approximate surface area is 166 Å². The van der Waals surface area contributed by atoms with Crippen LogP contribution in [0.15, 0.2) is 16.0 Å². The lowest BCUT2D eigenvalue weighted by molar-refractivity contribution is 0.0869. The van der Waals surface area contributed by atoms with Gasteiger partial charge in [0.1, 0.15) is 0 Å². The summed E-state index contributed by atoms with van der Waals surface area (Å²) >= 11 is 1.77. The molecule has 148 valence electrons. The van der Waals surface area contributed by atoms with E-state index >= 15 is 0 Å². The van der Waals surface area contributed by atoms with Crippen molar-refractivity contribution in [2.75, 3.05) is 26.2 Å². The maximum atomic E-state index is 5.46. The van der Waals surface area contributed by atoms with Crippen LogP contribution in [0.4, 0.5) is 0 Å². The minimum Gasteiger partial charge on any atom is -0.360 e. The molecule has 2 saturated heterocycles. The lowest BCUT2D eigenvalue weighted by atomic mass is 9.79. The van der Waals surface area contributed by atoms with Gasteiger partial charge in [0.15, 0.2) is 5.76 Å². The molecule has 2 aliphatic rings. The Bertz CT molecular complexity index is 711. The fourth-order valence-electron chi connectivity index (χ4n) is 4.69. The number of hydrogen-bond acceptors (Lipinski definition) is 6. The molecule has 0 N–H and O–H groups in total. The molecule has 2 aromatic rings. The van der Waals surface area contributed by atoms with Gasteiger partial charge in [0.05, 0.1) is 22.9 Å². The molecule has 0 radical (unpaired) electrons. The molecule has 27 heavy (non-hydrogen) atoms. The number of hydrogen-bond donors (Lipinski definition) is 0. The molecule has 0 atom stereocenters. The number of rotatable bonds is 6. The van der Waals surface area contributed by atoms with Gasteiger partial charge in [-0.25, -0.2) is 4.98 Å². The third kappa shape index (κ3) is 4.98. The summed E-state index contributed by atoms with van der Waals surface area (Å²) in [5, 5.41) is 7.52. The van der Waals surface area contributed by atoms with Crippen molar-refractivity contribution in [3.63, 3.8) is 0 Å². The summed E-state index contributed by atoms with van der Waals surface area (Å²) < 4.78 is 5.46. The highest BCUT2D eigenvalue weighted by Gasteiger charge is 2.30. The zero-order valence-electron chi connectivity index (χ0n) is 16.7.